The summed E-state index contributed by atoms with van der Waals surface area (Å²) in [5, 5.41) is 9.80. The molecule has 1 saturated heterocycles. The number of likely N-dealkylation sites (N-methyl/N-ethyl adjacent to an activating group) is 1. The molecule has 1 fully saturated rings. The fourth-order valence-corrected chi connectivity index (χ4v) is 3.13. The van der Waals surface area contributed by atoms with Gasteiger partial charge in [-0.1, -0.05) is 18.2 Å². The van der Waals surface area contributed by atoms with Crippen LogP contribution in [0, 0.1) is 0 Å². The third kappa shape index (κ3) is 4.97. The molecule has 8 heteroatoms. The van der Waals surface area contributed by atoms with Crippen molar-refractivity contribution in [2.75, 3.05) is 26.8 Å². The Morgan fingerprint density at radius 2 is 2.15 bits per heavy atom. The first-order valence-electron chi connectivity index (χ1n) is 8.54. The van der Waals surface area contributed by atoms with Crippen molar-refractivity contribution in [2.45, 2.75) is 24.9 Å². The molecule has 2 heterocycles. The molecule has 26 heavy (non-hydrogen) atoms. The first-order chi connectivity index (χ1) is 12.2. The molecule has 1 aliphatic heterocycles. The Hall–Kier alpha value is -2.09. The van der Waals surface area contributed by atoms with Crippen LogP contribution in [0.1, 0.15) is 12.0 Å². The summed E-state index contributed by atoms with van der Waals surface area (Å²) in [6.45, 7) is 1.92. The average Bonchev–Trinajstić information content (AvgIpc) is 3.04. The normalized spacial score (nSPS) is 18.0. The number of amides is 2. The van der Waals surface area contributed by atoms with Gasteiger partial charge in [-0.2, -0.15) is 0 Å². The quantitative estimate of drug-likeness (QED) is 0.594. The van der Waals surface area contributed by atoms with Crippen LogP contribution in [0.25, 0.3) is 10.9 Å². The lowest BCUT2D eigenvalue weighted by atomic mass is 10.0. The molecular weight excluding hydrogens is 356 g/mol. The van der Waals surface area contributed by atoms with E-state index in [4.69, 9.17) is 4.74 Å². The highest BCUT2D eigenvalue weighted by Crippen LogP contribution is 2.19. The summed E-state index contributed by atoms with van der Waals surface area (Å²) in [5.74, 6) is -0.358. The second-order valence-electron chi connectivity index (χ2n) is 6.23. The molecule has 1 aromatic heterocycles. The lowest BCUT2D eigenvalue weighted by molar-refractivity contribution is -0.129. The van der Waals surface area contributed by atoms with E-state index in [-0.39, 0.29) is 30.3 Å². The van der Waals surface area contributed by atoms with Crippen LogP contribution in [-0.4, -0.2) is 55.7 Å². The van der Waals surface area contributed by atoms with E-state index >= 15 is 0 Å². The zero-order valence-corrected chi connectivity index (χ0v) is 15.5. The fourth-order valence-electron chi connectivity index (χ4n) is 3.13. The number of hydrogen-bond donors (Lipinski definition) is 4. The zero-order chi connectivity index (χ0) is 17.6. The van der Waals surface area contributed by atoms with E-state index in [0.717, 1.165) is 23.0 Å². The number of benzene rings is 1. The van der Waals surface area contributed by atoms with E-state index in [1.165, 1.54) is 0 Å². The SMILES string of the molecule is CNC(=O)[C@H](Cc1c[nH]c2ccccc12)NC(=O)CC1COCCN1.Cl. The molecule has 142 valence electrons. The molecule has 2 aromatic rings. The van der Waals surface area contributed by atoms with Crippen molar-refractivity contribution in [1.29, 1.82) is 0 Å². The van der Waals surface area contributed by atoms with Gasteiger partial charge in [0.25, 0.3) is 0 Å². The van der Waals surface area contributed by atoms with E-state index in [2.05, 4.69) is 20.9 Å². The largest absolute Gasteiger partial charge is 0.378 e. The van der Waals surface area contributed by atoms with Gasteiger partial charge in [0.15, 0.2) is 0 Å². The van der Waals surface area contributed by atoms with Gasteiger partial charge in [-0.3, -0.25) is 9.59 Å². The summed E-state index contributed by atoms with van der Waals surface area (Å²) >= 11 is 0. The Labute approximate surface area is 158 Å². The van der Waals surface area contributed by atoms with E-state index in [1.807, 2.05) is 30.5 Å². The summed E-state index contributed by atoms with van der Waals surface area (Å²) in [6.07, 6.45) is 2.62. The summed E-state index contributed by atoms with van der Waals surface area (Å²) < 4.78 is 5.36. The van der Waals surface area contributed by atoms with Crippen molar-refractivity contribution in [2.24, 2.45) is 0 Å². The Kier molecular flexibility index (Phi) is 7.44. The maximum absolute atomic E-state index is 12.3. The Morgan fingerprint density at radius 1 is 1.35 bits per heavy atom. The molecule has 1 unspecified atom stereocenters. The summed E-state index contributed by atoms with van der Waals surface area (Å²) in [7, 11) is 1.58. The Balaban J connectivity index is 0.00000243. The van der Waals surface area contributed by atoms with Gasteiger partial charge < -0.3 is 25.7 Å². The minimum absolute atomic E-state index is 0. The second kappa shape index (κ2) is 9.56. The third-order valence-corrected chi connectivity index (χ3v) is 4.43. The topological polar surface area (TPSA) is 95.3 Å². The van der Waals surface area contributed by atoms with E-state index in [9.17, 15) is 9.59 Å². The van der Waals surface area contributed by atoms with Crippen LogP contribution >= 0.6 is 12.4 Å². The van der Waals surface area contributed by atoms with Crippen molar-refractivity contribution in [3.8, 4) is 0 Å². The number of aromatic amines is 1. The van der Waals surface area contributed by atoms with Crippen LogP contribution in [0.15, 0.2) is 30.5 Å². The molecule has 2 amide bonds. The maximum atomic E-state index is 12.3. The van der Waals surface area contributed by atoms with E-state index in [1.54, 1.807) is 7.05 Å². The smallest absolute Gasteiger partial charge is 0.242 e. The minimum Gasteiger partial charge on any atom is -0.378 e. The number of hydrogen-bond acceptors (Lipinski definition) is 4. The fraction of sp³-hybridized carbons (Fsp3) is 0.444. The van der Waals surface area contributed by atoms with Gasteiger partial charge in [0.05, 0.1) is 13.2 Å². The molecule has 3 rings (SSSR count). The van der Waals surface area contributed by atoms with Crippen LogP contribution in [0.3, 0.4) is 0 Å². The number of carbonyl (C=O) groups is 2. The molecule has 1 aliphatic rings. The molecule has 0 radical (unpaired) electrons. The van der Waals surface area contributed by atoms with Crippen molar-refractivity contribution in [3.05, 3.63) is 36.0 Å². The molecule has 0 saturated carbocycles. The monoisotopic (exact) mass is 380 g/mol. The van der Waals surface area contributed by atoms with Crippen LogP contribution in [0.2, 0.25) is 0 Å². The molecule has 0 spiro atoms. The maximum Gasteiger partial charge on any atom is 0.242 e. The van der Waals surface area contributed by atoms with Gasteiger partial charge in [0, 0.05) is 49.6 Å². The summed E-state index contributed by atoms with van der Waals surface area (Å²) in [4.78, 5) is 27.8. The average molecular weight is 381 g/mol. The number of morpholine rings is 1. The molecule has 4 N–H and O–H groups in total. The molecular formula is C18H25ClN4O3. The predicted molar refractivity (Wildman–Crippen MR) is 102 cm³/mol. The lowest BCUT2D eigenvalue weighted by Gasteiger charge is -2.24. The van der Waals surface area contributed by atoms with Gasteiger partial charge >= 0.3 is 0 Å². The highest BCUT2D eigenvalue weighted by atomic mass is 35.5. The molecule has 2 atom stereocenters. The number of fused-ring (bicyclic) bond motifs is 1. The van der Waals surface area contributed by atoms with Crippen LogP contribution in [-0.2, 0) is 20.7 Å². The number of halogens is 1. The molecule has 0 aliphatic carbocycles. The zero-order valence-electron chi connectivity index (χ0n) is 14.7. The minimum atomic E-state index is -0.610. The highest BCUT2D eigenvalue weighted by Gasteiger charge is 2.24. The first-order valence-corrected chi connectivity index (χ1v) is 8.54. The van der Waals surface area contributed by atoms with Gasteiger partial charge in [-0.15, -0.1) is 12.4 Å². The number of rotatable bonds is 6. The summed E-state index contributed by atoms with van der Waals surface area (Å²) in [6, 6.07) is 7.30. The number of ether oxygens (including phenoxy) is 1. The number of carbonyl (C=O) groups excluding carboxylic acids is 2. The van der Waals surface area contributed by atoms with Crippen molar-refractivity contribution < 1.29 is 14.3 Å². The Bertz CT molecular complexity index is 743. The van der Waals surface area contributed by atoms with Gasteiger partial charge in [-0.05, 0) is 11.6 Å². The van der Waals surface area contributed by atoms with Crippen LogP contribution in [0.5, 0.6) is 0 Å². The highest BCUT2D eigenvalue weighted by molar-refractivity contribution is 5.89. The van der Waals surface area contributed by atoms with Crippen LogP contribution in [0.4, 0.5) is 0 Å². The molecule has 1 aromatic carbocycles. The van der Waals surface area contributed by atoms with Gasteiger partial charge in [0.1, 0.15) is 6.04 Å². The predicted octanol–water partition coefficient (Wildman–Crippen LogP) is 0.741. The molecule has 7 nitrogen and oxygen atoms in total. The van der Waals surface area contributed by atoms with Crippen LogP contribution < -0.4 is 16.0 Å². The summed E-state index contributed by atoms with van der Waals surface area (Å²) in [5.41, 5.74) is 2.02. The number of nitrogens with one attached hydrogen (secondary N) is 4. The van der Waals surface area contributed by atoms with Gasteiger partial charge in [0.2, 0.25) is 11.8 Å². The van der Waals surface area contributed by atoms with Crippen molar-refractivity contribution in [3.63, 3.8) is 0 Å². The van der Waals surface area contributed by atoms with E-state index in [0.29, 0.717) is 26.1 Å². The Morgan fingerprint density at radius 3 is 2.88 bits per heavy atom. The van der Waals surface area contributed by atoms with Crippen molar-refractivity contribution in [1.82, 2.24) is 20.9 Å². The number of para-hydroxylation sites is 1. The second-order valence-corrected chi connectivity index (χ2v) is 6.23. The molecule has 0 bridgehead atoms. The third-order valence-electron chi connectivity index (χ3n) is 4.43. The van der Waals surface area contributed by atoms with Crippen molar-refractivity contribution >= 4 is 35.1 Å². The standard InChI is InChI=1S/C18H24N4O3.ClH/c1-19-18(24)16(22-17(23)9-13-11-25-7-6-20-13)8-12-10-21-15-5-3-2-4-14(12)15;/h2-5,10,13,16,20-21H,6-9,11H2,1H3,(H,19,24)(H,22,23);1H/t13?,16-;/m0./s1. The number of H-pyrrole nitrogens is 1. The van der Waals surface area contributed by atoms with E-state index < -0.39 is 6.04 Å². The lowest BCUT2D eigenvalue weighted by Crippen LogP contribution is -2.50. The number of aromatic nitrogens is 1. The first kappa shape index (κ1) is 20.2. The van der Waals surface area contributed by atoms with Gasteiger partial charge in [-0.25, -0.2) is 0 Å².